The Hall–Kier alpha value is -1.61. The van der Waals surface area contributed by atoms with Crippen molar-refractivity contribution < 1.29 is 0 Å². The number of likely N-dealkylation sites (tertiary alicyclic amines) is 1. The van der Waals surface area contributed by atoms with Crippen LogP contribution in [0.2, 0.25) is 0 Å². The Morgan fingerprint density at radius 1 is 1.25 bits per heavy atom. The third-order valence-electron chi connectivity index (χ3n) is 4.98. The molecule has 0 bridgehead atoms. The van der Waals surface area contributed by atoms with Crippen molar-refractivity contribution in [2.24, 2.45) is 4.99 Å². The summed E-state index contributed by atoms with van der Waals surface area (Å²) in [7, 11) is 0. The van der Waals surface area contributed by atoms with Crippen molar-refractivity contribution in [1.29, 1.82) is 0 Å². The summed E-state index contributed by atoms with van der Waals surface area (Å²) in [5, 5.41) is 6.82. The molecule has 1 aromatic heterocycles. The van der Waals surface area contributed by atoms with Gasteiger partial charge in [-0.3, -0.25) is 9.89 Å². The molecule has 1 saturated heterocycles. The van der Waals surface area contributed by atoms with E-state index in [9.17, 15) is 0 Å². The Morgan fingerprint density at radius 2 is 2.11 bits per heavy atom. The number of nitrogens with one attached hydrogen (secondary N) is 2. The van der Waals surface area contributed by atoms with Crippen LogP contribution in [0.5, 0.6) is 0 Å². The number of aliphatic imine (C=N–C) groups is 1. The first-order valence-corrected chi connectivity index (χ1v) is 10.1. The van der Waals surface area contributed by atoms with Crippen LogP contribution >= 0.6 is 24.0 Å². The molecule has 3 rings (SSSR count). The predicted octanol–water partition coefficient (Wildman–Crippen LogP) is 3.11. The van der Waals surface area contributed by atoms with Crippen LogP contribution in [0.1, 0.15) is 31.7 Å². The van der Waals surface area contributed by atoms with Crippen molar-refractivity contribution in [3.05, 3.63) is 54.6 Å². The quantitative estimate of drug-likeness (QED) is 0.243. The molecule has 1 fully saturated rings. The number of rotatable bonds is 9. The van der Waals surface area contributed by atoms with E-state index >= 15 is 0 Å². The van der Waals surface area contributed by atoms with Crippen LogP contribution in [0.4, 0.5) is 0 Å². The van der Waals surface area contributed by atoms with Gasteiger partial charge in [0.2, 0.25) is 0 Å². The lowest BCUT2D eigenvalue weighted by Gasteiger charge is -2.23. The van der Waals surface area contributed by atoms with Crippen molar-refractivity contribution in [3.8, 4) is 0 Å². The molecule has 28 heavy (non-hydrogen) atoms. The molecule has 154 valence electrons. The highest BCUT2D eigenvalue weighted by molar-refractivity contribution is 14.0. The molecule has 1 aliphatic heterocycles. The van der Waals surface area contributed by atoms with Gasteiger partial charge in [-0.25, -0.2) is 4.98 Å². The summed E-state index contributed by atoms with van der Waals surface area (Å²) < 4.78 is 2.10. The van der Waals surface area contributed by atoms with Gasteiger partial charge in [0.1, 0.15) is 0 Å². The zero-order valence-electron chi connectivity index (χ0n) is 16.8. The lowest BCUT2D eigenvalue weighted by Crippen LogP contribution is -2.39. The first-order valence-electron chi connectivity index (χ1n) is 10.1. The number of aryl methyl sites for hydroxylation is 1. The minimum absolute atomic E-state index is 0. The first-order chi connectivity index (χ1) is 13.3. The first kappa shape index (κ1) is 22.7. The summed E-state index contributed by atoms with van der Waals surface area (Å²) in [6.45, 7) is 7.91. The summed E-state index contributed by atoms with van der Waals surface area (Å²) in [5.41, 5.74) is 1.39. The molecular weight excluding hydrogens is 463 g/mol. The fourth-order valence-corrected chi connectivity index (χ4v) is 3.55. The summed E-state index contributed by atoms with van der Waals surface area (Å²) in [6.07, 6.45) is 9.23. The van der Waals surface area contributed by atoms with Crippen molar-refractivity contribution in [2.45, 2.75) is 45.3 Å². The summed E-state index contributed by atoms with van der Waals surface area (Å²) in [6, 6.07) is 11.3. The van der Waals surface area contributed by atoms with Crippen LogP contribution in [-0.4, -0.2) is 52.6 Å². The number of hydrogen-bond donors (Lipinski definition) is 2. The Labute approximate surface area is 185 Å². The number of guanidine groups is 1. The molecule has 0 spiro atoms. The molecule has 2 N–H and O–H groups in total. The Balaban J connectivity index is 0.00000280. The summed E-state index contributed by atoms with van der Waals surface area (Å²) in [4.78, 5) is 11.5. The average molecular weight is 496 g/mol. The minimum Gasteiger partial charge on any atom is -0.357 e. The Morgan fingerprint density at radius 3 is 2.86 bits per heavy atom. The maximum Gasteiger partial charge on any atom is 0.191 e. The lowest BCUT2D eigenvalue weighted by atomic mass is 10.2. The molecule has 6 nitrogen and oxygen atoms in total. The Kier molecular flexibility index (Phi) is 10.3. The standard InChI is InChI=1S/C21H32N6.HI/c1-2-23-21(24-11-7-13-26-15-12-22-18-26)25-16-20-10-6-14-27(20)17-19-8-4-3-5-9-19;/h3-5,8-9,12,15,18,20H,2,6-7,10-11,13-14,16-17H2,1H3,(H2,23,24,25);1H. The smallest absolute Gasteiger partial charge is 0.191 e. The van der Waals surface area contributed by atoms with Gasteiger partial charge in [-0.05, 0) is 38.3 Å². The van der Waals surface area contributed by atoms with Gasteiger partial charge < -0.3 is 15.2 Å². The van der Waals surface area contributed by atoms with Gasteiger partial charge in [0.25, 0.3) is 0 Å². The number of halogens is 1. The molecule has 2 heterocycles. The predicted molar refractivity (Wildman–Crippen MR) is 126 cm³/mol. The van der Waals surface area contributed by atoms with Crippen molar-refractivity contribution in [1.82, 2.24) is 25.1 Å². The van der Waals surface area contributed by atoms with E-state index < -0.39 is 0 Å². The van der Waals surface area contributed by atoms with Crippen LogP contribution in [0.15, 0.2) is 54.0 Å². The van der Waals surface area contributed by atoms with Crippen molar-refractivity contribution in [3.63, 3.8) is 0 Å². The van der Waals surface area contributed by atoms with Gasteiger partial charge in [-0.1, -0.05) is 30.3 Å². The molecule has 1 atom stereocenters. The van der Waals surface area contributed by atoms with Crippen molar-refractivity contribution in [2.75, 3.05) is 26.2 Å². The highest BCUT2D eigenvalue weighted by atomic mass is 127. The molecule has 7 heteroatoms. The Bertz CT molecular complexity index is 673. The molecule has 1 unspecified atom stereocenters. The van der Waals surface area contributed by atoms with Crippen LogP contribution in [-0.2, 0) is 13.1 Å². The minimum atomic E-state index is 0. The number of hydrogen-bond acceptors (Lipinski definition) is 3. The molecular formula is C21H33IN6. The highest BCUT2D eigenvalue weighted by Crippen LogP contribution is 2.20. The third-order valence-corrected chi connectivity index (χ3v) is 4.98. The molecule has 1 aliphatic rings. The van der Waals surface area contributed by atoms with Crippen molar-refractivity contribution >= 4 is 29.9 Å². The summed E-state index contributed by atoms with van der Waals surface area (Å²) >= 11 is 0. The maximum absolute atomic E-state index is 4.86. The summed E-state index contributed by atoms with van der Waals surface area (Å²) in [5.74, 6) is 0.926. The van der Waals surface area contributed by atoms with Gasteiger partial charge in [-0.2, -0.15) is 0 Å². The molecule has 0 aliphatic carbocycles. The van der Waals surface area contributed by atoms with E-state index in [-0.39, 0.29) is 24.0 Å². The van der Waals surface area contributed by atoms with E-state index in [4.69, 9.17) is 4.99 Å². The SMILES string of the molecule is CCNC(=NCC1CCCN1Cc1ccccc1)NCCCn1ccnc1.I. The lowest BCUT2D eigenvalue weighted by molar-refractivity contribution is 0.250. The average Bonchev–Trinajstić information content (AvgIpc) is 3.36. The van der Waals surface area contributed by atoms with Gasteiger partial charge in [-0.15, -0.1) is 24.0 Å². The molecule has 0 radical (unpaired) electrons. The second kappa shape index (κ2) is 12.8. The van der Waals surface area contributed by atoms with Crippen LogP contribution in [0.25, 0.3) is 0 Å². The highest BCUT2D eigenvalue weighted by Gasteiger charge is 2.24. The maximum atomic E-state index is 4.86. The van der Waals surface area contributed by atoms with Crippen LogP contribution < -0.4 is 10.6 Å². The molecule has 0 saturated carbocycles. The van der Waals surface area contributed by atoms with Crippen LogP contribution in [0, 0.1) is 0 Å². The molecule has 0 amide bonds. The van der Waals surface area contributed by atoms with E-state index in [0.29, 0.717) is 6.04 Å². The number of benzene rings is 1. The van der Waals surface area contributed by atoms with E-state index in [0.717, 1.165) is 45.1 Å². The zero-order chi connectivity index (χ0) is 18.7. The fourth-order valence-electron chi connectivity index (χ4n) is 3.55. The zero-order valence-corrected chi connectivity index (χ0v) is 19.1. The molecule has 1 aromatic carbocycles. The number of nitrogens with zero attached hydrogens (tertiary/aromatic N) is 4. The fraction of sp³-hybridized carbons (Fsp3) is 0.524. The van der Waals surface area contributed by atoms with Gasteiger partial charge in [0.05, 0.1) is 12.9 Å². The second-order valence-corrected chi connectivity index (χ2v) is 7.05. The molecule has 2 aromatic rings. The van der Waals surface area contributed by atoms with Gasteiger partial charge in [0, 0.05) is 44.6 Å². The van der Waals surface area contributed by atoms with Crippen LogP contribution in [0.3, 0.4) is 0 Å². The topological polar surface area (TPSA) is 57.5 Å². The number of imidazole rings is 1. The second-order valence-electron chi connectivity index (χ2n) is 7.05. The van der Waals surface area contributed by atoms with E-state index in [2.05, 4.69) is 62.3 Å². The van der Waals surface area contributed by atoms with E-state index in [1.54, 1.807) is 0 Å². The monoisotopic (exact) mass is 496 g/mol. The largest absolute Gasteiger partial charge is 0.357 e. The van der Waals surface area contributed by atoms with E-state index in [1.807, 2.05) is 18.7 Å². The normalized spacial score (nSPS) is 17.3. The number of aromatic nitrogens is 2. The van der Waals surface area contributed by atoms with E-state index in [1.165, 1.54) is 24.9 Å². The van der Waals surface area contributed by atoms with Gasteiger partial charge in [0.15, 0.2) is 5.96 Å². The third kappa shape index (κ3) is 7.43. The van der Waals surface area contributed by atoms with Gasteiger partial charge >= 0.3 is 0 Å².